The van der Waals surface area contributed by atoms with Crippen LogP contribution in [0.15, 0.2) is 24.3 Å². The molecule has 1 aliphatic heterocycles. The first-order valence-electron chi connectivity index (χ1n) is 8.78. The van der Waals surface area contributed by atoms with Crippen molar-refractivity contribution in [3.8, 4) is 0 Å². The molecule has 2 fully saturated rings. The van der Waals surface area contributed by atoms with Crippen LogP contribution in [0, 0.1) is 0 Å². The van der Waals surface area contributed by atoms with Crippen molar-refractivity contribution in [2.24, 2.45) is 0 Å². The molecule has 3 rings (SSSR count). The average molecular weight is 286 g/mol. The van der Waals surface area contributed by atoms with Gasteiger partial charge in [-0.15, -0.1) is 0 Å². The molecular formula is C19H30N2. The van der Waals surface area contributed by atoms with Crippen LogP contribution in [0.1, 0.15) is 57.1 Å². The first kappa shape index (κ1) is 15.1. The molecule has 1 aliphatic carbocycles. The molecule has 0 aromatic heterocycles. The number of hydrogen-bond acceptors (Lipinski definition) is 2. The van der Waals surface area contributed by atoms with Crippen LogP contribution in [-0.4, -0.2) is 29.6 Å². The molecule has 2 nitrogen and oxygen atoms in total. The van der Waals surface area contributed by atoms with E-state index in [1.165, 1.54) is 56.3 Å². The van der Waals surface area contributed by atoms with Crippen molar-refractivity contribution in [3.63, 3.8) is 0 Å². The highest BCUT2D eigenvalue weighted by atomic mass is 15.3. The van der Waals surface area contributed by atoms with Gasteiger partial charge in [-0.25, -0.2) is 0 Å². The molecule has 116 valence electrons. The van der Waals surface area contributed by atoms with E-state index in [0.717, 1.165) is 13.0 Å². The van der Waals surface area contributed by atoms with Gasteiger partial charge in [-0.2, -0.15) is 0 Å². The number of aryl methyl sites for hydroxylation is 1. The summed E-state index contributed by atoms with van der Waals surface area (Å²) in [5.74, 6) is 0. The van der Waals surface area contributed by atoms with Crippen LogP contribution in [0.3, 0.4) is 0 Å². The van der Waals surface area contributed by atoms with Crippen LogP contribution in [0.4, 0.5) is 0 Å². The zero-order chi connectivity index (χ0) is 14.7. The van der Waals surface area contributed by atoms with Crippen LogP contribution in [0.5, 0.6) is 0 Å². The molecule has 2 aliphatic rings. The van der Waals surface area contributed by atoms with E-state index in [2.05, 4.69) is 48.3 Å². The maximum absolute atomic E-state index is 3.73. The monoisotopic (exact) mass is 286 g/mol. The van der Waals surface area contributed by atoms with E-state index >= 15 is 0 Å². The van der Waals surface area contributed by atoms with Crippen molar-refractivity contribution in [2.45, 2.75) is 70.5 Å². The molecule has 1 saturated carbocycles. The smallest absolute Gasteiger partial charge is 0.0338 e. The number of hydrogen-bond donors (Lipinski definition) is 1. The lowest BCUT2D eigenvalue weighted by molar-refractivity contribution is 0.00617. The molecule has 1 atom stereocenters. The Morgan fingerprint density at radius 1 is 1.10 bits per heavy atom. The average Bonchev–Trinajstić information content (AvgIpc) is 2.53. The van der Waals surface area contributed by atoms with Gasteiger partial charge >= 0.3 is 0 Å². The Labute approximate surface area is 129 Å². The Balaban J connectivity index is 1.75. The van der Waals surface area contributed by atoms with Gasteiger partial charge < -0.3 is 5.32 Å². The van der Waals surface area contributed by atoms with Crippen LogP contribution in [-0.2, 0) is 13.0 Å². The summed E-state index contributed by atoms with van der Waals surface area (Å²) in [7, 11) is 0. The minimum Gasteiger partial charge on any atom is -0.311 e. The fraction of sp³-hybridized carbons (Fsp3) is 0.684. The normalized spacial score (nSPS) is 26.1. The Kier molecular flexibility index (Phi) is 4.66. The highest BCUT2D eigenvalue weighted by Crippen LogP contribution is 2.36. The Morgan fingerprint density at radius 3 is 2.43 bits per heavy atom. The number of nitrogens with zero attached hydrogens (tertiary/aromatic N) is 1. The van der Waals surface area contributed by atoms with E-state index in [1.54, 1.807) is 0 Å². The van der Waals surface area contributed by atoms with Crippen LogP contribution < -0.4 is 5.32 Å². The lowest BCUT2D eigenvalue weighted by Gasteiger charge is -2.51. The second-order valence-corrected chi connectivity index (χ2v) is 7.12. The second-order valence-electron chi connectivity index (χ2n) is 7.12. The van der Waals surface area contributed by atoms with Gasteiger partial charge in [0.25, 0.3) is 0 Å². The van der Waals surface area contributed by atoms with Crippen LogP contribution in [0.2, 0.25) is 0 Å². The summed E-state index contributed by atoms with van der Waals surface area (Å²) in [6, 6.07) is 9.89. The standard InChI is InChI=1S/C19H30N2/c1-3-17-7-9-18(10-8-17)14-21-13-16(2)20-15-19(21)11-5-4-6-12-19/h7-10,16,20H,3-6,11-15H2,1-2H3. The van der Waals surface area contributed by atoms with Gasteiger partial charge in [0.05, 0.1) is 0 Å². The first-order chi connectivity index (χ1) is 10.2. The Morgan fingerprint density at radius 2 is 1.76 bits per heavy atom. The molecule has 1 spiro atoms. The van der Waals surface area contributed by atoms with Crippen molar-refractivity contribution in [1.29, 1.82) is 0 Å². The highest BCUT2D eigenvalue weighted by molar-refractivity contribution is 5.23. The van der Waals surface area contributed by atoms with Gasteiger partial charge in [-0.05, 0) is 37.3 Å². The van der Waals surface area contributed by atoms with Gasteiger partial charge in [0.15, 0.2) is 0 Å². The molecule has 1 N–H and O–H groups in total. The van der Waals surface area contributed by atoms with Crippen molar-refractivity contribution < 1.29 is 0 Å². The molecule has 1 heterocycles. The van der Waals surface area contributed by atoms with Crippen molar-refractivity contribution in [1.82, 2.24) is 10.2 Å². The van der Waals surface area contributed by atoms with Crippen molar-refractivity contribution >= 4 is 0 Å². The van der Waals surface area contributed by atoms with E-state index in [9.17, 15) is 0 Å². The SMILES string of the molecule is CCc1ccc(CN2CC(C)NCC23CCCCC3)cc1. The maximum Gasteiger partial charge on any atom is 0.0338 e. The molecule has 0 bridgehead atoms. The number of piperazine rings is 1. The number of benzene rings is 1. The molecule has 1 aromatic carbocycles. The van der Waals surface area contributed by atoms with Gasteiger partial charge in [0.2, 0.25) is 0 Å². The molecule has 2 heteroatoms. The quantitative estimate of drug-likeness (QED) is 0.910. The topological polar surface area (TPSA) is 15.3 Å². The molecule has 1 unspecified atom stereocenters. The molecule has 21 heavy (non-hydrogen) atoms. The fourth-order valence-electron chi connectivity index (χ4n) is 4.10. The molecular weight excluding hydrogens is 256 g/mol. The highest BCUT2D eigenvalue weighted by Gasteiger charge is 2.41. The fourth-order valence-corrected chi connectivity index (χ4v) is 4.10. The van der Waals surface area contributed by atoms with E-state index in [-0.39, 0.29) is 0 Å². The van der Waals surface area contributed by atoms with Crippen molar-refractivity contribution in [3.05, 3.63) is 35.4 Å². The number of nitrogens with one attached hydrogen (secondary N) is 1. The first-order valence-corrected chi connectivity index (χ1v) is 8.78. The number of rotatable bonds is 3. The lowest BCUT2D eigenvalue weighted by atomic mass is 9.78. The summed E-state index contributed by atoms with van der Waals surface area (Å²) in [5.41, 5.74) is 3.35. The molecule has 0 radical (unpaired) electrons. The lowest BCUT2D eigenvalue weighted by Crippen LogP contribution is -2.64. The zero-order valence-electron chi connectivity index (χ0n) is 13.7. The third kappa shape index (κ3) is 3.32. The van der Waals surface area contributed by atoms with E-state index in [1.807, 2.05) is 0 Å². The summed E-state index contributed by atoms with van der Waals surface area (Å²) in [5, 5.41) is 3.73. The van der Waals surface area contributed by atoms with E-state index in [0.29, 0.717) is 11.6 Å². The van der Waals surface area contributed by atoms with Gasteiger partial charge in [-0.1, -0.05) is 50.5 Å². The van der Waals surface area contributed by atoms with E-state index < -0.39 is 0 Å². The predicted octanol–water partition coefficient (Wildman–Crippen LogP) is 3.75. The predicted molar refractivity (Wildman–Crippen MR) is 89.5 cm³/mol. The molecule has 1 aromatic rings. The minimum atomic E-state index is 0.425. The van der Waals surface area contributed by atoms with Crippen LogP contribution in [0.25, 0.3) is 0 Å². The third-order valence-corrected chi connectivity index (χ3v) is 5.53. The third-order valence-electron chi connectivity index (χ3n) is 5.53. The summed E-state index contributed by atoms with van der Waals surface area (Å²) in [6.45, 7) is 8.04. The summed E-state index contributed by atoms with van der Waals surface area (Å²) in [6.07, 6.45) is 8.12. The van der Waals surface area contributed by atoms with Gasteiger partial charge in [-0.3, -0.25) is 4.90 Å². The summed E-state index contributed by atoms with van der Waals surface area (Å²) in [4.78, 5) is 2.79. The zero-order valence-corrected chi connectivity index (χ0v) is 13.7. The van der Waals surface area contributed by atoms with Gasteiger partial charge in [0, 0.05) is 31.2 Å². The van der Waals surface area contributed by atoms with Crippen LogP contribution >= 0.6 is 0 Å². The summed E-state index contributed by atoms with van der Waals surface area (Å²) >= 11 is 0. The maximum atomic E-state index is 3.73. The second kappa shape index (κ2) is 6.50. The summed E-state index contributed by atoms with van der Waals surface area (Å²) < 4.78 is 0. The molecule has 1 saturated heterocycles. The van der Waals surface area contributed by atoms with E-state index in [4.69, 9.17) is 0 Å². The van der Waals surface area contributed by atoms with Crippen molar-refractivity contribution in [2.75, 3.05) is 13.1 Å². The Bertz CT molecular complexity index is 445. The molecule has 0 amide bonds. The van der Waals surface area contributed by atoms with Gasteiger partial charge in [0.1, 0.15) is 0 Å². The minimum absolute atomic E-state index is 0.425. The largest absolute Gasteiger partial charge is 0.311 e. The Hall–Kier alpha value is -0.860.